The number of carbonyl (C=O) groups excluding carboxylic acids is 2. The van der Waals surface area contributed by atoms with Gasteiger partial charge in [-0.2, -0.15) is 0 Å². The number of aryl methyl sites for hydroxylation is 2. The Morgan fingerprint density at radius 3 is 2.56 bits per heavy atom. The molecule has 2 aromatic heterocycles. The second kappa shape index (κ2) is 8.58. The number of fused-ring (bicyclic) bond motifs is 1. The van der Waals surface area contributed by atoms with E-state index in [-0.39, 0.29) is 17.7 Å². The molecule has 166 valence electrons. The fourth-order valence-electron chi connectivity index (χ4n) is 4.71. The summed E-state index contributed by atoms with van der Waals surface area (Å²) < 4.78 is 1.04. The summed E-state index contributed by atoms with van der Waals surface area (Å²) in [5.41, 5.74) is 2.95. The molecule has 4 heterocycles. The topological polar surface area (TPSA) is 79.3 Å². The SMILES string of the molecule is Cc1nc2ccc(C(=O)N3CCC[C@@H](c4ncc(C(=O)N5CCCC5)c(C)n4)C3)cc2s1. The van der Waals surface area contributed by atoms with Crippen LogP contribution < -0.4 is 0 Å². The Morgan fingerprint density at radius 2 is 1.78 bits per heavy atom. The van der Waals surface area contributed by atoms with Crippen molar-refractivity contribution in [3.63, 3.8) is 0 Å². The molecule has 7 nitrogen and oxygen atoms in total. The highest BCUT2D eigenvalue weighted by molar-refractivity contribution is 7.18. The van der Waals surface area contributed by atoms with Crippen LogP contribution in [-0.4, -0.2) is 62.7 Å². The standard InChI is InChI=1S/C24H27N5O2S/c1-15-19(24(31)28-9-3-4-10-28)13-25-22(26-15)18-6-5-11-29(14-18)23(30)17-7-8-20-21(12-17)32-16(2)27-20/h7-8,12-13,18H,3-6,9-11,14H2,1-2H3/t18-/m1/s1. The molecule has 5 rings (SSSR count). The van der Waals surface area contributed by atoms with E-state index in [1.54, 1.807) is 17.5 Å². The molecule has 1 atom stereocenters. The van der Waals surface area contributed by atoms with Crippen molar-refractivity contribution in [3.05, 3.63) is 52.0 Å². The molecule has 0 saturated carbocycles. The third-order valence-electron chi connectivity index (χ3n) is 6.44. The lowest BCUT2D eigenvalue weighted by molar-refractivity contribution is 0.0704. The molecule has 3 aromatic rings. The lowest BCUT2D eigenvalue weighted by atomic mass is 9.96. The largest absolute Gasteiger partial charge is 0.339 e. The highest BCUT2D eigenvalue weighted by Crippen LogP contribution is 2.28. The maximum absolute atomic E-state index is 13.2. The summed E-state index contributed by atoms with van der Waals surface area (Å²) in [7, 11) is 0. The van der Waals surface area contributed by atoms with Crippen LogP contribution in [0.3, 0.4) is 0 Å². The zero-order chi connectivity index (χ0) is 22.2. The third-order valence-corrected chi connectivity index (χ3v) is 7.37. The van der Waals surface area contributed by atoms with Gasteiger partial charge in [-0.15, -0.1) is 11.3 Å². The summed E-state index contributed by atoms with van der Waals surface area (Å²) in [6.45, 7) is 6.82. The normalized spacial score (nSPS) is 19.0. The average Bonchev–Trinajstić information content (AvgIpc) is 3.46. The average molecular weight is 450 g/mol. The van der Waals surface area contributed by atoms with Crippen LogP contribution in [0.1, 0.15) is 68.8 Å². The fraction of sp³-hybridized carbons (Fsp3) is 0.458. The van der Waals surface area contributed by atoms with Crippen molar-refractivity contribution in [2.24, 2.45) is 0 Å². The van der Waals surface area contributed by atoms with Gasteiger partial charge in [0.1, 0.15) is 5.82 Å². The van der Waals surface area contributed by atoms with Gasteiger partial charge >= 0.3 is 0 Å². The molecule has 8 heteroatoms. The maximum atomic E-state index is 13.2. The Bertz CT molecular complexity index is 1180. The van der Waals surface area contributed by atoms with Crippen LogP contribution in [0.4, 0.5) is 0 Å². The summed E-state index contributed by atoms with van der Waals surface area (Å²) in [5.74, 6) is 0.879. The quantitative estimate of drug-likeness (QED) is 0.605. The molecule has 0 radical (unpaired) electrons. The van der Waals surface area contributed by atoms with E-state index in [0.29, 0.717) is 17.7 Å². The van der Waals surface area contributed by atoms with Crippen LogP contribution in [0.2, 0.25) is 0 Å². The third kappa shape index (κ3) is 3.99. The molecule has 1 aromatic carbocycles. The van der Waals surface area contributed by atoms with E-state index in [1.165, 1.54) is 0 Å². The number of amides is 2. The van der Waals surface area contributed by atoms with E-state index >= 15 is 0 Å². The first-order valence-electron chi connectivity index (χ1n) is 11.3. The summed E-state index contributed by atoms with van der Waals surface area (Å²) in [4.78, 5) is 43.5. The van der Waals surface area contributed by atoms with E-state index in [2.05, 4.69) is 9.97 Å². The fourth-order valence-corrected chi connectivity index (χ4v) is 5.58. The lowest BCUT2D eigenvalue weighted by Gasteiger charge is -2.32. The summed E-state index contributed by atoms with van der Waals surface area (Å²) in [6, 6.07) is 5.74. The van der Waals surface area contributed by atoms with Crippen molar-refractivity contribution in [2.75, 3.05) is 26.2 Å². The van der Waals surface area contributed by atoms with E-state index in [9.17, 15) is 9.59 Å². The molecule has 32 heavy (non-hydrogen) atoms. The zero-order valence-corrected chi connectivity index (χ0v) is 19.3. The number of piperidine rings is 1. The number of likely N-dealkylation sites (tertiary alicyclic amines) is 2. The minimum Gasteiger partial charge on any atom is -0.339 e. The Labute approximate surface area is 191 Å². The van der Waals surface area contributed by atoms with Gasteiger partial charge in [0.15, 0.2) is 0 Å². The maximum Gasteiger partial charge on any atom is 0.257 e. The van der Waals surface area contributed by atoms with Gasteiger partial charge in [0.25, 0.3) is 11.8 Å². The molecule has 2 amide bonds. The van der Waals surface area contributed by atoms with E-state index in [1.807, 2.05) is 41.8 Å². The molecule has 2 aliphatic rings. The van der Waals surface area contributed by atoms with E-state index in [0.717, 1.165) is 72.1 Å². The Morgan fingerprint density at radius 1 is 1.00 bits per heavy atom. The number of aromatic nitrogens is 3. The number of hydrogen-bond acceptors (Lipinski definition) is 6. The molecular weight excluding hydrogens is 422 g/mol. The second-order valence-electron chi connectivity index (χ2n) is 8.73. The van der Waals surface area contributed by atoms with Gasteiger partial charge in [-0.1, -0.05) is 0 Å². The molecular formula is C24H27N5O2S. The van der Waals surface area contributed by atoms with Crippen LogP contribution >= 0.6 is 11.3 Å². The van der Waals surface area contributed by atoms with Crippen LogP contribution in [-0.2, 0) is 0 Å². The van der Waals surface area contributed by atoms with Crippen molar-refractivity contribution in [1.82, 2.24) is 24.8 Å². The second-order valence-corrected chi connectivity index (χ2v) is 9.97. The predicted octanol–water partition coefficient (Wildman–Crippen LogP) is 3.96. The van der Waals surface area contributed by atoms with Gasteiger partial charge in [-0.05, 0) is 57.7 Å². The smallest absolute Gasteiger partial charge is 0.257 e. The van der Waals surface area contributed by atoms with Crippen molar-refractivity contribution >= 4 is 33.4 Å². The van der Waals surface area contributed by atoms with Crippen molar-refractivity contribution < 1.29 is 9.59 Å². The molecule has 0 unspecified atom stereocenters. The molecule has 2 fully saturated rings. The highest BCUT2D eigenvalue weighted by atomic mass is 32.1. The number of benzene rings is 1. The van der Waals surface area contributed by atoms with Crippen molar-refractivity contribution in [1.29, 1.82) is 0 Å². The van der Waals surface area contributed by atoms with Crippen LogP contribution in [0.25, 0.3) is 10.2 Å². The Hall–Kier alpha value is -2.87. The van der Waals surface area contributed by atoms with Gasteiger partial charge in [0.05, 0.1) is 26.5 Å². The summed E-state index contributed by atoms with van der Waals surface area (Å²) >= 11 is 1.61. The van der Waals surface area contributed by atoms with Gasteiger partial charge < -0.3 is 9.80 Å². The zero-order valence-electron chi connectivity index (χ0n) is 18.5. The van der Waals surface area contributed by atoms with Crippen molar-refractivity contribution in [3.8, 4) is 0 Å². The first kappa shape index (κ1) is 21.0. The predicted molar refractivity (Wildman–Crippen MR) is 124 cm³/mol. The number of nitrogens with zero attached hydrogens (tertiary/aromatic N) is 5. The first-order chi connectivity index (χ1) is 15.5. The summed E-state index contributed by atoms with van der Waals surface area (Å²) in [6.07, 6.45) is 5.65. The minimum absolute atomic E-state index is 0.0284. The molecule has 0 spiro atoms. The molecule has 0 N–H and O–H groups in total. The molecule has 2 saturated heterocycles. The van der Waals surface area contributed by atoms with Gasteiger partial charge in [-0.25, -0.2) is 15.0 Å². The lowest BCUT2D eigenvalue weighted by Crippen LogP contribution is -2.39. The number of thiazole rings is 1. The van der Waals surface area contributed by atoms with Gasteiger partial charge in [-0.3, -0.25) is 9.59 Å². The summed E-state index contributed by atoms with van der Waals surface area (Å²) in [5, 5.41) is 1.00. The van der Waals surface area contributed by atoms with Crippen molar-refractivity contribution in [2.45, 2.75) is 45.4 Å². The molecule has 0 aliphatic carbocycles. The minimum atomic E-state index is 0.0284. The number of hydrogen-bond donors (Lipinski definition) is 0. The Kier molecular flexibility index (Phi) is 5.63. The number of carbonyl (C=O) groups is 2. The van der Waals surface area contributed by atoms with E-state index < -0.39 is 0 Å². The van der Waals surface area contributed by atoms with Crippen LogP contribution in [0.5, 0.6) is 0 Å². The first-order valence-corrected chi connectivity index (χ1v) is 12.1. The van der Waals surface area contributed by atoms with Crippen LogP contribution in [0.15, 0.2) is 24.4 Å². The monoisotopic (exact) mass is 449 g/mol. The van der Waals surface area contributed by atoms with Gasteiger partial charge in [0.2, 0.25) is 0 Å². The highest BCUT2D eigenvalue weighted by Gasteiger charge is 2.29. The Balaban J connectivity index is 1.32. The van der Waals surface area contributed by atoms with E-state index in [4.69, 9.17) is 4.98 Å². The molecule has 0 bridgehead atoms. The van der Waals surface area contributed by atoms with Crippen LogP contribution in [0, 0.1) is 13.8 Å². The number of rotatable bonds is 3. The molecule has 2 aliphatic heterocycles. The van der Waals surface area contributed by atoms with Gasteiger partial charge in [0, 0.05) is 43.9 Å².